The van der Waals surface area contributed by atoms with E-state index in [0.717, 1.165) is 6.54 Å². The predicted octanol–water partition coefficient (Wildman–Crippen LogP) is 2.38. The monoisotopic (exact) mass is 244 g/mol. The van der Waals surface area contributed by atoms with Gasteiger partial charge in [-0.15, -0.1) is 0 Å². The standard InChI is InChI=1S/C10H17ClN4O/c1-5-12-9-13-8(11)14-10(15-9)16-7(4)6(2)3/h6-7H,5H2,1-4H3,(H,12,13,14,15). The Morgan fingerprint density at radius 3 is 2.50 bits per heavy atom. The molecule has 0 radical (unpaired) electrons. The summed E-state index contributed by atoms with van der Waals surface area (Å²) in [4.78, 5) is 12.0. The summed E-state index contributed by atoms with van der Waals surface area (Å²) in [5, 5.41) is 3.10. The van der Waals surface area contributed by atoms with Crippen molar-refractivity contribution in [3.63, 3.8) is 0 Å². The third-order valence-corrected chi connectivity index (χ3v) is 2.32. The van der Waals surface area contributed by atoms with Crippen LogP contribution in [0.5, 0.6) is 6.01 Å². The van der Waals surface area contributed by atoms with Crippen molar-refractivity contribution in [2.75, 3.05) is 11.9 Å². The summed E-state index contributed by atoms with van der Waals surface area (Å²) in [6.45, 7) is 8.78. The lowest BCUT2D eigenvalue weighted by Gasteiger charge is -2.16. The van der Waals surface area contributed by atoms with Gasteiger partial charge in [0.15, 0.2) is 0 Å². The fourth-order valence-electron chi connectivity index (χ4n) is 0.924. The van der Waals surface area contributed by atoms with Crippen molar-refractivity contribution in [3.05, 3.63) is 5.28 Å². The average molecular weight is 245 g/mol. The lowest BCUT2D eigenvalue weighted by molar-refractivity contribution is 0.155. The lowest BCUT2D eigenvalue weighted by atomic mass is 10.1. The second kappa shape index (κ2) is 5.84. The molecule has 0 bridgehead atoms. The molecule has 1 N–H and O–H groups in total. The maximum absolute atomic E-state index is 5.77. The van der Waals surface area contributed by atoms with E-state index in [4.69, 9.17) is 16.3 Å². The van der Waals surface area contributed by atoms with Gasteiger partial charge in [0.25, 0.3) is 0 Å². The molecule has 1 aromatic heterocycles. The van der Waals surface area contributed by atoms with Gasteiger partial charge in [-0.2, -0.15) is 15.0 Å². The van der Waals surface area contributed by atoms with Crippen LogP contribution in [0, 0.1) is 5.92 Å². The highest BCUT2D eigenvalue weighted by Crippen LogP contribution is 2.14. The van der Waals surface area contributed by atoms with Gasteiger partial charge in [-0.3, -0.25) is 0 Å². The molecule has 0 spiro atoms. The number of hydrogen-bond acceptors (Lipinski definition) is 5. The minimum atomic E-state index is 0.0351. The Bertz CT molecular complexity index is 346. The molecular weight excluding hydrogens is 228 g/mol. The van der Waals surface area contributed by atoms with E-state index < -0.39 is 0 Å². The van der Waals surface area contributed by atoms with E-state index in [1.165, 1.54) is 0 Å². The molecule has 1 unspecified atom stereocenters. The Hall–Kier alpha value is -1.10. The minimum absolute atomic E-state index is 0.0351. The van der Waals surface area contributed by atoms with Gasteiger partial charge in [-0.05, 0) is 31.4 Å². The number of hydrogen-bond donors (Lipinski definition) is 1. The maximum Gasteiger partial charge on any atom is 0.322 e. The number of anilines is 1. The lowest BCUT2D eigenvalue weighted by Crippen LogP contribution is -2.20. The van der Waals surface area contributed by atoms with Crippen LogP contribution in [-0.2, 0) is 0 Å². The first kappa shape index (κ1) is 13.0. The molecule has 0 saturated heterocycles. The van der Waals surface area contributed by atoms with Crippen LogP contribution in [-0.4, -0.2) is 27.6 Å². The summed E-state index contributed by atoms with van der Waals surface area (Å²) in [6, 6.07) is 0.261. The van der Waals surface area contributed by atoms with Crippen molar-refractivity contribution in [1.29, 1.82) is 0 Å². The van der Waals surface area contributed by atoms with Crippen molar-refractivity contribution in [1.82, 2.24) is 15.0 Å². The van der Waals surface area contributed by atoms with Crippen LogP contribution in [0.2, 0.25) is 5.28 Å². The molecule has 1 rings (SSSR count). The first-order valence-corrected chi connectivity index (χ1v) is 5.72. The van der Waals surface area contributed by atoms with Crippen molar-refractivity contribution in [3.8, 4) is 6.01 Å². The highest BCUT2D eigenvalue weighted by molar-refractivity contribution is 6.28. The quantitative estimate of drug-likeness (QED) is 0.862. The molecule has 0 amide bonds. The van der Waals surface area contributed by atoms with Crippen molar-refractivity contribution in [2.45, 2.75) is 33.8 Å². The molecule has 0 aliphatic heterocycles. The summed E-state index contributed by atoms with van der Waals surface area (Å²) < 4.78 is 5.56. The second-order valence-corrected chi connectivity index (χ2v) is 4.15. The molecule has 1 heterocycles. The molecule has 90 valence electrons. The number of halogens is 1. The number of aromatic nitrogens is 3. The van der Waals surface area contributed by atoms with E-state index in [1.54, 1.807) is 0 Å². The fraction of sp³-hybridized carbons (Fsp3) is 0.700. The number of nitrogens with zero attached hydrogens (tertiary/aromatic N) is 3. The molecule has 0 fully saturated rings. The maximum atomic E-state index is 5.77. The number of ether oxygens (including phenoxy) is 1. The van der Waals surface area contributed by atoms with Crippen molar-refractivity contribution >= 4 is 17.5 Å². The largest absolute Gasteiger partial charge is 0.460 e. The van der Waals surface area contributed by atoms with Gasteiger partial charge in [0, 0.05) is 6.54 Å². The average Bonchev–Trinajstić information content (AvgIpc) is 2.16. The van der Waals surface area contributed by atoms with Crippen LogP contribution in [0.1, 0.15) is 27.7 Å². The summed E-state index contributed by atoms with van der Waals surface area (Å²) in [6.07, 6.45) is 0.0351. The first-order chi connectivity index (χ1) is 7.52. The van der Waals surface area contributed by atoms with Crippen LogP contribution in [0.4, 0.5) is 5.95 Å². The molecular formula is C10H17ClN4O. The Labute approximate surface area is 101 Å². The third kappa shape index (κ3) is 3.81. The van der Waals surface area contributed by atoms with Crippen LogP contribution in [0.3, 0.4) is 0 Å². The summed E-state index contributed by atoms with van der Waals surface area (Å²) in [7, 11) is 0. The molecule has 1 atom stereocenters. The highest BCUT2D eigenvalue weighted by atomic mass is 35.5. The Morgan fingerprint density at radius 1 is 1.25 bits per heavy atom. The normalized spacial score (nSPS) is 12.6. The van der Waals surface area contributed by atoms with E-state index in [0.29, 0.717) is 11.9 Å². The number of nitrogens with one attached hydrogen (secondary N) is 1. The van der Waals surface area contributed by atoms with E-state index in [2.05, 4.69) is 34.1 Å². The molecule has 16 heavy (non-hydrogen) atoms. The molecule has 0 saturated carbocycles. The van der Waals surface area contributed by atoms with Gasteiger partial charge < -0.3 is 10.1 Å². The summed E-state index contributed by atoms with van der Waals surface area (Å²) in [5.41, 5.74) is 0. The zero-order valence-corrected chi connectivity index (χ0v) is 10.7. The highest BCUT2D eigenvalue weighted by Gasteiger charge is 2.12. The van der Waals surface area contributed by atoms with Gasteiger partial charge in [0.2, 0.25) is 11.2 Å². The molecule has 5 nitrogen and oxygen atoms in total. The SMILES string of the molecule is CCNc1nc(Cl)nc(OC(C)C(C)C)n1. The summed E-state index contributed by atoms with van der Waals surface area (Å²) in [5.74, 6) is 0.826. The van der Waals surface area contributed by atoms with E-state index in [1.807, 2.05) is 13.8 Å². The topological polar surface area (TPSA) is 59.9 Å². The van der Waals surface area contributed by atoms with Gasteiger partial charge >= 0.3 is 6.01 Å². The second-order valence-electron chi connectivity index (χ2n) is 3.81. The Morgan fingerprint density at radius 2 is 1.94 bits per heavy atom. The van der Waals surface area contributed by atoms with Crippen LogP contribution in [0.25, 0.3) is 0 Å². The Kier molecular flexibility index (Phi) is 4.73. The Balaban J connectivity index is 2.79. The van der Waals surface area contributed by atoms with Crippen molar-refractivity contribution in [2.24, 2.45) is 5.92 Å². The van der Waals surface area contributed by atoms with E-state index in [9.17, 15) is 0 Å². The smallest absolute Gasteiger partial charge is 0.322 e. The molecule has 0 aliphatic rings. The molecule has 1 aromatic rings. The van der Waals surface area contributed by atoms with Crippen LogP contribution in [0.15, 0.2) is 0 Å². The van der Waals surface area contributed by atoms with Gasteiger partial charge in [0.05, 0.1) is 0 Å². The zero-order chi connectivity index (χ0) is 12.1. The minimum Gasteiger partial charge on any atom is -0.460 e. The first-order valence-electron chi connectivity index (χ1n) is 5.35. The molecule has 0 aromatic carbocycles. The van der Waals surface area contributed by atoms with Gasteiger partial charge in [-0.25, -0.2) is 0 Å². The van der Waals surface area contributed by atoms with Gasteiger partial charge in [0.1, 0.15) is 6.10 Å². The van der Waals surface area contributed by atoms with E-state index >= 15 is 0 Å². The zero-order valence-electron chi connectivity index (χ0n) is 9.99. The third-order valence-electron chi connectivity index (χ3n) is 2.15. The predicted molar refractivity (Wildman–Crippen MR) is 63.9 cm³/mol. The van der Waals surface area contributed by atoms with Crippen LogP contribution >= 0.6 is 11.6 Å². The number of rotatable bonds is 5. The van der Waals surface area contributed by atoms with Gasteiger partial charge in [-0.1, -0.05) is 13.8 Å². The fourth-order valence-corrected chi connectivity index (χ4v) is 1.08. The van der Waals surface area contributed by atoms with Crippen LogP contribution < -0.4 is 10.1 Å². The summed E-state index contributed by atoms with van der Waals surface area (Å²) >= 11 is 5.77. The van der Waals surface area contributed by atoms with E-state index in [-0.39, 0.29) is 17.4 Å². The molecule has 0 aliphatic carbocycles. The molecule has 6 heteroatoms. The van der Waals surface area contributed by atoms with Crippen molar-refractivity contribution < 1.29 is 4.74 Å².